The number of anilines is 3. The number of benzene rings is 3. The summed E-state index contributed by atoms with van der Waals surface area (Å²) in [6.07, 6.45) is 0.0639. The van der Waals surface area contributed by atoms with Gasteiger partial charge in [-0.2, -0.15) is 0 Å². The summed E-state index contributed by atoms with van der Waals surface area (Å²) >= 11 is 6.11. The lowest BCUT2D eigenvalue weighted by Crippen LogP contribution is -2.28. The number of hydrogen-bond acceptors (Lipinski definition) is 4. The average molecular weight is 492 g/mol. The molecule has 1 atom stereocenters. The molecule has 0 aromatic heterocycles. The number of halogens is 1. The molecule has 1 aliphatic heterocycles. The minimum Gasteiger partial charge on any atom is -0.495 e. The summed E-state index contributed by atoms with van der Waals surface area (Å²) < 4.78 is 5.35. The maximum atomic E-state index is 13.0. The van der Waals surface area contributed by atoms with Gasteiger partial charge in [-0.05, 0) is 61.9 Å². The van der Waals surface area contributed by atoms with Gasteiger partial charge in [0.05, 0.1) is 18.7 Å². The van der Waals surface area contributed by atoms with Gasteiger partial charge in [0, 0.05) is 34.9 Å². The molecular weight excluding hydrogens is 466 g/mol. The van der Waals surface area contributed by atoms with Gasteiger partial charge >= 0.3 is 0 Å². The van der Waals surface area contributed by atoms with Crippen LogP contribution in [0.1, 0.15) is 27.9 Å². The highest BCUT2D eigenvalue weighted by atomic mass is 35.5. The van der Waals surface area contributed by atoms with E-state index in [1.54, 1.807) is 42.5 Å². The third-order valence-corrected chi connectivity index (χ3v) is 6.19. The molecule has 0 spiro atoms. The van der Waals surface area contributed by atoms with Gasteiger partial charge in [-0.3, -0.25) is 14.4 Å². The first kappa shape index (κ1) is 24.3. The number of carbonyl (C=O) groups excluding carboxylic acids is 3. The van der Waals surface area contributed by atoms with Crippen molar-refractivity contribution in [3.63, 3.8) is 0 Å². The van der Waals surface area contributed by atoms with E-state index in [0.717, 1.165) is 16.8 Å². The van der Waals surface area contributed by atoms with Crippen LogP contribution in [0.15, 0.2) is 60.7 Å². The van der Waals surface area contributed by atoms with Crippen molar-refractivity contribution in [3.8, 4) is 5.75 Å². The molecule has 180 valence electrons. The van der Waals surface area contributed by atoms with E-state index in [1.165, 1.54) is 12.0 Å². The highest BCUT2D eigenvalue weighted by Gasteiger charge is 2.36. The molecule has 0 unspecified atom stereocenters. The maximum absolute atomic E-state index is 13.0. The predicted molar refractivity (Wildman–Crippen MR) is 137 cm³/mol. The second-order valence-electron chi connectivity index (χ2n) is 8.56. The van der Waals surface area contributed by atoms with Crippen molar-refractivity contribution in [2.45, 2.75) is 20.3 Å². The van der Waals surface area contributed by atoms with Crippen LogP contribution in [0, 0.1) is 19.8 Å². The fourth-order valence-electron chi connectivity index (χ4n) is 4.12. The van der Waals surface area contributed by atoms with E-state index >= 15 is 0 Å². The third-order valence-electron chi connectivity index (χ3n) is 5.95. The molecule has 1 fully saturated rings. The first-order valence-corrected chi connectivity index (χ1v) is 11.6. The van der Waals surface area contributed by atoms with Crippen LogP contribution in [0.4, 0.5) is 17.1 Å². The number of ether oxygens (including phenoxy) is 1. The van der Waals surface area contributed by atoms with Gasteiger partial charge in [-0.25, -0.2) is 0 Å². The Morgan fingerprint density at radius 1 is 1.03 bits per heavy atom. The number of aryl methyl sites for hydroxylation is 2. The summed E-state index contributed by atoms with van der Waals surface area (Å²) in [4.78, 5) is 39.9. The van der Waals surface area contributed by atoms with Crippen LogP contribution in [0.3, 0.4) is 0 Å². The quantitative estimate of drug-likeness (QED) is 0.495. The summed E-state index contributed by atoms with van der Waals surface area (Å²) in [6.45, 7) is 4.13. The Kier molecular flexibility index (Phi) is 7.07. The van der Waals surface area contributed by atoms with Gasteiger partial charge in [0.2, 0.25) is 11.8 Å². The molecule has 1 heterocycles. The van der Waals surface area contributed by atoms with Crippen LogP contribution in [-0.2, 0) is 9.59 Å². The second kappa shape index (κ2) is 10.2. The Balaban J connectivity index is 1.44. The van der Waals surface area contributed by atoms with Crippen molar-refractivity contribution in [2.75, 3.05) is 29.2 Å². The fraction of sp³-hybridized carbons (Fsp3) is 0.222. The van der Waals surface area contributed by atoms with Crippen molar-refractivity contribution in [3.05, 3.63) is 82.4 Å². The van der Waals surface area contributed by atoms with Crippen molar-refractivity contribution in [2.24, 2.45) is 5.92 Å². The standard InChI is InChI=1S/C27H26ClN3O4/c1-16-7-9-22(17(2)11-16)30-26(33)18-5-4-6-21(12-18)29-27(34)19-13-25(32)31(15-19)23-14-20(28)8-10-24(23)35-3/h4-12,14,19H,13,15H2,1-3H3,(H,29,34)(H,30,33)/t19-/m1/s1. The van der Waals surface area contributed by atoms with E-state index in [9.17, 15) is 14.4 Å². The highest BCUT2D eigenvalue weighted by Crippen LogP contribution is 2.35. The zero-order chi connectivity index (χ0) is 25.1. The molecule has 3 aromatic rings. The molecule has 7 nitrogen and oxygen atoms in total. The van der Waals surface area contributed by atoms with Gasteiger partial charge in [0.25, 0.3) is 5.91 Å². The first-order valence-electron chi connectivity index (χ1n) is 11.2. The van der Waals surface area contributed by atoms with E-state index in [-0.39, 0.29) is 30.7 Å². The highest BCUT2D eigenvalue weighted by molar-refractivity contribution is 6.31. The summed E-state index contributed by atoms with van der Waals surface area (Å²) in [5, 5.41) is 6.22. The maximum Gasteiger partial charge on any atom is 0.255 e. The van der Waals surface area contributed by atoms with Crippen LogP contribution in [0.25, 0.3) is 0 Å². The Bertz CT molecular complexity index is 1310. The Morgan fingerprint density at radius 3 is 2.57 bits per heavy atom. The molecule has 1 aliphatic rings. The van der Waals surface area contributed by atoms with E-state index in [1.807, 2.05) is 32.0 Å². The normalized spacial score (nSPS) is 15.1. The molecule has 0 saturated carbocycles. The van der Waals surface area contributed by atoms with Crippen molar-refractivity contribution in [1.29, 1.82) is 0 Å². The lowest BCUT2D eigenvalue weighted by Gasteiger charge is -2.20. The van der Waals surface area contributed by atoms with Gasteiger partial charge in [-0.1, -0.05) is 35.4 Å². The molecule has 3 aromatic carbocycles. The van der Waals surface area contributed by atoms with Crippen molar-refractivity contribution < 1.29 is 19.1 Å². The number of carbonyl (C=O) groups is 3. The van der Waals surface area contributed by atoms with E-state index in [2.05, 4.69) is 10.6 Å². The first-order chi connectivity index (χ1) is 16.7. The largest absolute Gasteiger partial charge is 0.495 e. The van der Waals surface area contributed by atoms with Gasteiger partial charge in [0.15, 0.2) is 0 Å². The summed E-state index contributed by atoms with van der Waals surface area (Å²) in [6, 6.07) is 17.5. The van der Waals surface area contributed by atoms with Gasteiger partial charge in [-0.15, -0.1) is 0 Å². The minimum absolute atomic E-state index is 0.0639. The molecule has 35 heavy (non-hydrogen) atoms. The molecular formula is C27H26ClN3O4. The molecule has 8 heteroatoms. The molecule has 1 saturated heterocycles. The van der Waals surface area contributed by atoms with Crippen molar-refractivity contribution in [1.82, 2.24) is 0 Å². The summed E-state index contributed by atoms with van der Waals surface area (Å²) in [5.74, 6) is -0.811. The zero-order valence-corrected chi connectivity index (χ0v) is 20.5. The number of amides is 3. The smallest absolute Gasteiger partial charge is 0.255 e. The Morgan fingerprint density at radius 2 is 1.83 bits per heavy atom. The van der Waals surface area contributed by atoms with Crippen LogP contribution < -0.4 is 20.3 Å². The summed E-state index contributed by atoms with van der Waals surface area (Å²) in [5.41, 5.74) is 4.24. The number of nitrogens with one attached hydrogen (secondary N) is 2. The number of hydrogen-bond donors (Lipinski definition) is 2. The molecule has 0 aliphatic carbocycles. The zero-order valence-electron chi connectivity index (χ0n) is 19.7. The van der Waals surface area contributed by atoms with Crippen LogP contribution >= 0.6 is 11.6 Å². The fourth-order valence-corrected chi connectivity index (χ4v) is 4.29. The number of nitrogens with zero attached hydrogens (tertiary/aromatic N) is 1. The lowest BCUT2D eigenvalue weighted by atomic mass is 10.1. The molecule has 0 radical (unpaired) electrons. The lowest BCUT2D eigenvalue weighted by molar-refractivity contribution is -0.122. The molecule has 0 bridgehead atoms. The van der Waals surface area contributed by atoms with Crippen LogP contribution in [-0.4, -0.2) is 31.4 Å². The Labute approximate surface area is 209 Å². The topological polar surface area (TPSA) is 87.7 Å². The second-order valence-corrected chi connectivity index (χ2v) is 9.00. The molecule has 2 N–H and O–H groups in total. The minimum atomic E-state index is -0.557. The molecule has 4 rings (SSSR count). The third kappa shape index (κ3) is 5.46. The number of rotatable bonds is 6. The van der Waals surface area contributed by atoms with Gasteiger partial charge < -0.3 is 20.3 Å². The number of methoxy groups -OCH3 is 1. The van der Waals surface area contributed by atoms with Crippen LogP contribution in [0.2, 0.25) is 5.02 Å². The Hall–Kier alpha value is -3.84. The SMILES string of the molecule is COc1ccc(Cl)cc1N1C[C@H](C(=O)Nc2cccc(C(=O)Nc3ccc(C)cc3C)c2)CC1=O. The summed E-state index contributed by atoms with van der Waals surface area (Å²) in [7, 11) is 1.51. The molecule has 3 amide bonds. The van der Waals surface area contributed by atoms with Crippen LogP contribution in [0.5, 0.6) is 5.75 Å². The van der Waals surface area contributed by atoms with E-state index < -0.39 is 5.92 Å². The average Bonchev–Trinajstić information content (AvgIpc) is 3.22. The monoisotopic (exact) mass is 491 g/mol. The van der Waals surface area contributed by atoms with Crippen molar-refractivity contribution >= 4 is 46.4 Å². The van der Waals surface area contributed by atoms with E-state index in [4.69, 9.17) is 16.3 Å². The predicted octanol–water partition coefficient (Wildman–Crippen LogP) is 5.21. The van der Waals surface area contributed by atoms with E-state index in [0.29, 0.717) is 27.7 Å². The van der Waals surface area contributed by atoms with Gasteiger partial charge in [0.1, 0.15) is 5.75 Å².